The Morgan fingerprint density at radius 3 is 2.45 bits per heavy atom. The van der Waals surface area contributed by atoms with Crippen molar-refractivity contribution in [2.24, 2.45) is 0 Å². The summed E-state index contributed by atoms with van der Waals surface area (Å²) in [6, 6.07) is -0.228. The van der Waals surface area contributed by atoms with Crippen molar-refractivity contribution in [1.82, 2.24) is 15.5 Å². The Labute approximate surface area is 120 Å². The third-order valence-corrected chi connectivity index (χ3v) is 3.13. The van der Waals surface area contributed by atoms with Gasteiger partial charge in [-0.15, -0.1) is 0 Å². The monoisotopic (exact) mass is 283 g/mol. The van der Waals surface area contributed by atoms with E-state index >= 15 is 0 Å². The number of nitrogens with one attached hydrogen (secondary N) is 2. The molecule has 0 aromatic rings. The molecule has 1 heterocycles. The molecule has 6 nitrogen and oxygen atoms in total. The average Bonchev–Trinajstić information content (AvgIpc) is 2.44. The molecular weight excluding hydrogens is 258 g/mol. The van der Waals surface area contributed by atoms with Gasteiger partial charge in [0.2, 0.25) is 0 Å². The van der Waals surface area contributed by atoms with Gasteiger partial charge in [-0.25, -0.2) is 9.59 Å². The zero-order chi connectivity index (χ0) is 14.8. The fraction of sp³-hybridized carbons (Fsp3) is 0.714. The van der Waals surface area contributed by atoms with E-state index < -0.39 is 5.97 Å². The molecule has 0 aromatic heterocycles. The quantitative estimate of drug-likeness (QED) is 0.413. The molecule has 0 bridgehead atoms. The minimum atomic E-state index is -0.433. The van der Waals surface area contributed by atoms with Crippen molar-refractivity contribution in [1.29, 1.82) is 0 Å². The Kier molecular flexibility index (Phi) is 7.72. The van der Waals surface area contributed by atoms with Gasteiger partial charge in [0.1, 0.15) is 6.61 Å². The minimum Gasteiger partial charge on any atom is -0.460 e. The van der Waals surface area contributed by atoms with Crippen LogP contribution in [0.3, 0.4) is 0 Å². The van der Waals surface area contributed by atoms with Gasteiger partial charge in [0.25, 0.3) is 0 Å². The van der Waals surface area contributed by atoms with Crippen LogP contribution in [0.5, 0.6) is 0 Å². The van der Waals surface area contributed by atoms with Gasteiger partial charge < -0.3 is 20.3 Å². The highest BCUT2D eigenvalue weighted by Crippen LogP contribution is 2.07. The molecule has 114 valence electrons. The number of hydrogen-bond donors (Lipinski definition) is 2. The van der Waals surface area contributed by atoms with E-state index in [0.29, 0.717) is 18.7 Å². The second kappa shape index (κ2) is 9.36. The Bertz CT molecular complexity index is 339. The van der Waals surface area contributed by atoms with Crippen LogP contribution in [0.1, 0.15) is 26.2 Å². The fourth-order valence-electron chi connectivity index (χ4n) is 2.00. The summed E-state index contributed by atoms with van der Waals surface area (Å²) in [5.41, 5.74) is 0.357. The van der Waals surface area contributed by atoms with E-state index in [1.165, 1.54) is 19.3 Å². The zero-order valence-electron chi connectivity index (χ0n) is 12.2. The Hall–Kier alpha value is -1.56. The number of ether oxygens (including phenoxy) is 1. The van der Waals surface area contributed by atoms with Crippen LogP contribution < -0.4 is 10.6 Å². The van der Waals surface area contributed by atoms with Crippen LogP contribution in [0.25, 0.3) is 0 Å². The van der Waals surface area contributed by atoms with Crippen LogP contribution in [0.2, 0.25) is 0 Å². The van der Waals surface area contributed by atoms with Crippen molar-refractivity contribution in [3.63, 3.8) is 0 Å². The lowest BCUT2D eigenvalue weighted by Crippen LogP contribution is -2.42. The van der Waals surface area contributed by atoms with Gasteiger partial charge in [-0.05, 0) is 32.9 Å². The van der Waals surface area contributed by atoms with Crippen LogP contribution in [0, 0.1) is 0 Å². The first-order valence-electron chi connectivity index (χ1n) is 7.16. The van der Waals surface area contributed by atoms with E-state index in [1.807, 2.05) is 0 Å². The van der Waals surface area contributed by atoms with Crippen LogP contribution in [-0.2, 0) is 9.53 Å². The summed E-state index contributed by atoms with van der Waals surface area (Å²) in [6.45, 7) is 9.29. The van der Waals surface area contributed by atoms with Crippen LogP contribution in [0.4, 0.5) is 4.79 Å². The van der Waals surface area contributed by atoms with E-state index in [2.05, 4.69) is 22.1 Å². The molecule has 1 aliphatic heterocycles. The molecule has 1 aliphatic rings. The molecule has 0 aromatic carbocycles. The summed E-state index contributed by atoms with van der Waals surface area (Å²) in [5, 5.41) is 5.43. The van der Waals surface area contributed by atoms with Crippen LogP contribution in [0.15, 0.2) is 12.2 Å². The Morgan fingerprint density at radius 2 is 1.80 bits per heavy atom. The lowest BCUT2D eigenvalue weighted by atomic mass is 10.1. The summed E-state index contributed by atoms with van der Waals surface area (Å²) in [6.07, 6.45) is 3.81. The van der Waals surface area contributed by atoms with E-state index in [4.69, 9.17) is 4.74 Å². The molecule has 0 spiro atoms. The van der Waals surface area contributed by atoms with Crippen molar-refractivity contribution in [3.8, 4) is 0 Å². The second-order valence-electron chi connectivity index (χ2n) is 5.00. The highest BCUT2D eigenvalue weighted by molar-refractivity contribution is 5.86. The second-order valence-corrected chi connectivity index (χ2v) is 5.00. The predicted molar refractivity (Wildman–Crippen MR) is 77.5 cm³/mol. The molecular formula is C14H25N3O3. The maximum Gasteiger partial charge on any atom is 0.333 e. The number of nitrogens with zero attached hydrogens (tertiary/aromatic N) is 1. The molecule has 2 amide bonds. The normalized spacial score (nSPS) is 15.4. The van der Waals surface area contributed by atoms with Gasteiger partial charge in [0.05, 0.1) is 6.54 Å². The highest BCUT2D eigenvalue weighted by Gasteiger charge is 2.09. The van der Waals surface area contributed by atoms with Gasteiger partial charge in [0.15, 0.2) is 0 Å². The van der Waals surface area contributed by atoms with Crippen molar-refractivity contribution >= 4 is 12.0 Å². The summed E-state index contributed by atoms with van der Waals surface area (Å²) in [7, 11) is 0. The van der Waals surface area contributed by atoms with E-state index in [9.17, 15) is 9.59 Å². The lowest BCUT2D eigenvalue weighted by molar-refractivity contribution is -0.138. The smallest absolute Gasteiger partial charge is 0.333 e. The third kappa shape index (κ3) is 7.13. The van der Waals surface area contributed by atoms with Gasteiger partial charge in [0, 0.05) is 18.7 Å². The number of urea groups is 1. The summed E-state index contributed by atoms with van der Waals surface area (Å²) < 4.78 is 4.86. The molecule has 1 saturated heterocycles. The molecule has 0 atom stereocenters. The highest BCUT2D eigenvalue weighted by atomic mass is 16.5. The fourth-order valence-corrected chi connectivity index (χ4v) is 2.00. The number of amides is 2. The van der Waals surface area contributed by atoms with Crippen LogP contribution >= 0.6 is 0 Å². The predicted octanol–water partition coefficient (Wildman–Crippen LogP) is 0.891. The molecule has 20 heavy (non-hydrogen) atoms. The maximum atomic E-state index is 11.5. The molecule has 0 unspecified atom stereocenters. The molecule has 0 saturated carbocycles. The molecule has 6 heteroatoms. The first kappa shape index (κ1) is 16.5. The topological polar surface area (TPSA) is 70.7 Å². The molecule has 1 rings (SSSR count). The SMILES string of the molecule is C=C(C)C(=O)OCCNC(=O)NCCN1CCCCC1. The molecule has 1 fully saturated rings. The number of esters is 1. The van der Waals surface area contributed by atoms with Gasteiger partial charge in [-0.2, -0.15) is 0 Å². The summed E-state index contributed by atoms with van der Waals surface area (Å²) >= 11 is 0. The van der Waals surface area contributed by atoms with Gasteiger partial charge >= 0.3 is 12.0 Å². The zero-order valence-corrected chi connectivity index (χ0v) is 12.2. The maximum absolute atomic E-state index is 11.5. The van der Waals surface area contributed by atoms with Crippen molar-refractivity contribution in [3.05, 3.63) is 12.2 Å². The summed E-state index contributed by atoms with van der Waals surface area (Å²) in [4.78, 5) is 24.9. The number of carbonyl (C=O) groups excluding carboxylic acids is 2. The number of carbonyl (C=O) groups is 2. The van der Waals surface area contributed by atoms with E-state index in [1.54, 1.807) is 6.92 Å². The lowest BCUT2D eigenvalue weighted by Gasteiger charge is -2.26. The standard InChI is InChI=1S/C14H25N3O3/c1-12(2)13(18)20-11-7-16-14(19)15-6-10-17-8-4-3-5-9-17/h1,3-11H2,2H3,(H2,15,16,19). The van der Waals surface area contributed by atoms with Crippen molar-refractivity contribution in [2.45, 2.75) is 26.2 Å². The Morgan fingerprint density at radius 1 is 1.15 bits per heavy atom. The van der Waals surface area contributed by atoms with Gasteiger partial charge in [-0.1, -0.05) is 13.0 Å². The van der Waals surface area contributed by atoms with Crippen molar-refractivity contribution < 1.29 is 14.3 Å². The average molecular weight is 283 g/mol. The summed E-state index contributed by atoms with van der Waals surface area (Å²) in [5.74, 6) is -0.433. The van der Waals surface area contributed by atoms with E-state index in [-0.39, 0.29) is 12.6 Å². The minimum absolute atomic E-state index is 0.158. The number of piperidine rings is 1. The first-order chi connectivity index (χ1) is 9.59. The van der Waals surface area contributed by atoms with E-state index in [0.717, 1.165) is 19.6 Å². The molecule has 0 aliphatic carbocycles. The largest absolute Gasteiger partial charge is 0.460 e. The molecule has 0 radical (unpaired) electrons. The Balaban J connectivity index is 1.97. The number of rotatable bonds is 7. The van der Waals surface area contributed by atoms with Gasteiger partial charge in [-0.3, -0.25) is 0 Å². The first-order valence-corrected chi connectivity index (χ1v) is 7.16. The number of hydrogen-bond acceptors (Lipinski definition) is 4. The van der Waals surface area contributed by atoms with Crippen LogP contribution in [-0.4, -0.2) is 56.2 Å². The van der Waals surface area contributed by atoms with Crippen molar-refractivity contribution in [2.75, 3.05) is 39.3 Å². The third-order valence-electron chi connectivity index (χ3n) is 3.13. The molecule has 2 N–H and O–H groups in total. The number of likely N-dealkylation sites (tertiary alicyclic amines) is 1.